The van der Waals surface area contributed by atoms with Gasteiger partial charge in [0.25, 0.3) is 0 Å². The molecule has 4 nitrogen and oxygen atoms in total. The van der Waals surface area contributed by atoms with Crippen LogP contribution in [0.15, 0.2) is 35.3 Å². The largest absolute Gasteiger partial charge is 0.316 e. The Hall–Kier alpha value is -1.20. The summed E-state index contributed by atoms with van der Waals surface area (Å²) in [6.45, 7) is 1.61. The molecule has 0 aliphatic carbocycles. The van der Waals surface area contributed by atoms with Crippen LogP contribution < -0.4 is 5.32 Å². The predicted octanol–water partition coefficient (Wildman–Crippen LogP) is 1.81. The van der Waals surface area contributed by atoms with Crippen molar-refractivity contribution in [1.29, 1.82) is 0 Å². The van der Waals surface area contributed by atoms with Crippen molar-refractivity contribution in [2.24, 2.45) is 0 Å². The van der Waals surface area contributed by atoms with Gasteiger partial charge >= 0.3 is 0 Å². The molecule has 0 saturated heterocycles. The molecule has 0 atom stereocenters. The summed E-state index contributed by atoms with van der Waals surface area (Å²) >= 11 is 3.57. The van der Waals surface area contributed by atoms with E-state index in [0.29, 0.717) is 0 Å². The minimum absolute atomic E-state index is 0.737. The Morgan fingerprint density at radius 3 is 2.94 bits per heavy atom. The molecule has 0 spiro atoms. The predicted molar refractivity (Wildman–Crippen MR) is 66.0 cm³/mol. The fraction of sp³-hybridized carbons (Fsp3) is 0.273. The maximum atomic E-state index is 4.08. The summed E-state index contributed by atoms with van der Waals surface area (Å²) < 4.78 is 2.91. The molecule has 0 unspecified atom stereocenters. The molecule has 0 fully saturated rings. The lowest BCUT2D eigenvalue weighted by Crippen LogP contribution is -2.06. The van der Waals surface area contributed by atoms with Crippen LogP contribution in [0.5, 0.6) is 0 Å². The van der Waals surface area contributed by atoms with Crippen molar-refractivity contribution >= 4 is 15.9 Å². The molecule has 0 aliphatic heterocycles. The van der Waals surface area contributed by atoms with E-state index in [1.54, 1.807) is 17.3 Å². The quantitative estimate of drug-likeness (QED) is 0.929. The van der Waals surface area contributed by atoms with Crippen molar-refractivity contribution in [2.75, 3.05) is 7.05 Å². The Morgan fingerprint density at radius 2 is 2.31 bits per heavy atom. The molecule has 1 heterocycles. The third kappa shape index (κ3) is 2.68. The number of hydrogen-bond acceptors (Lipinski definition) is 3. The summed E-state index contributed by atoms with van der Waals surface area (Å²) in [5.74, 6) is 0. The van der Waals surface area contributed by atoms with Crippen LogP contribution in [0.2, 0.25) is 0 Å². The second-order valence-electron chi connectivity index (χ2n) is 3.55. The second kappa shape index (κ2) is 5.23. The van der Waals surface area contributed by atoms with Crippen LogP contribution in [0, 0.1) is 0 Å². The van der Waals surface area contributed by atoms with Crippen LogP contribution in [-0.2, 0) is 13.1 Å². The normalized spacial score (nSPS) is 10.6. The van der Waals surface area contributed by atoms with Crippen molar-refractivity contribution in [1.82, 2.24) is 20.1 Å². The first kappa shape index (κ1) is 11.3. The highest BCUT2D eigenvalue weighted by atomic mass is 79.9. The van der Waals surface area contributed by atoms with Gasteiger partial charge in [0, 0.05) is 11.0 Å². The molecule has 84 valence electrons. The highest BCUT2D eigenvalue weighted by molar-refractivity contribution is 9.10. The molecule has 2 aromatic rings. The molecular weight excluding hydrogens is 268 g/mol. The highest BCUT2D eigenvalue weighted by Crippen LogP contribution is 2.19. The summed E-state index contributed by atoms with van der Waals surface area (Å²) in [4.78, 5) is 3.92. The molecule has 0 bridgehead atoms. The number of hydrogen-bond donors (Lipinski definition) is 1. The van der Waals surface area contributed by atoms with Gasteiger partial charge in [-0.05, 0) is 24.2 Å². The second-order valence-corrected chi connectivity index (χ2v) is 4.40. The molecule has 0 radical (unpaired) electrons. The molecule has 16 heavy (non-hydrogen) atoms. The number of benzene rings is 1. The van der Waals surface area contributed by atoms with E-state index in [1.807, 2.05) is 7.05 Å². The topological polar surface area (TPSA) is 42.7 Å². The lowest BCUT2D eigenvalue weighted by Gasteiger charge is -2.07. The van der Waals surface area contributed by atoms with E-state index in [9.17, 15) is 0 Å². The molecule has 1 aromatic heterocycles. The summed E-state index contributed by atoms with van der Waals surface area (Å²) in [5.41, 5.74) is 2.46. The first-order valence-electron chi connectivity index (χ1n) is 5.04. The van der Waals surface area contributed by atoms with Crippen molar-refractivity contribution in [2.45, 2.75) is 13.1 Å². The van der Waals surface area contributed by atoms with E-state index in [4.69, 9.17) is 0 Å². The van der Waals surface area contributed by atoms with E-state index >= 15 is 0 Å². The monoisotopic (exact) mass is 280 g/mol. The molecule has 0 saturated carbocycles. The Bertz CT molecular complexity index is 453. The van der Waals surface area contributed by atoms with Gasteiger partial charge in [-0.15, -0.1) is 0 Å². The van der Waals surface area contributed by atoms with Crippen molar-refractivity contribution in [3.8, 4) is 0 Å². The molecule has 2 rings (SSSR count). The smallest absolute Gasteiger partial charge is 0.137 e. The van der Waals surface area contributed by atoms with Gasteiger partial charge in [-0.3, -0.25) is 0 Å². The van der Waals surface area contributed by atoms with Crippen LogP contribution in [0.1, 0.15) is 11.1 Å². The van der Waals surface area contributed by atoms with Crippen LogP contribution >= 0.6 is 15.9 Å². The number of halogens is 1. The van der Waals surface area contributed by atoms with Gasteiger partial charge in [0.2, 0.25) is 0 Å². The molecular formula is C11H13BrN4. The van der Waals surface area contributed by atoms with Crippen molar-refractivity contribution in [3.63, 3.8) is 0 Å². The number of nitrogens with zero attached hydrogens (tertiary/aromatic N) is 3. The molecule has 1 aromatic carbocycles. The van der Waals surface area contributed by atoms with Gasteiger partial charge < -0.3 is 5.32 Å². The average Bonchev–Trinajstić information content (AvgIpc) is 2.75. The lowest BCUT2D eigenvalue weighted by atomic mass is 10.1. The standard InChI is InChI=1S/C11H13BrN4/c1-13-5-9-2-3-10(11(12)4-9)6-16-8-14-7-15-16/h2-4,7-8,13H,5-6H2,1H3. The maximum absolute atomic E-state index is 4.08. The third-order valence-corrected chi connectivity index (χ3v) is 3.04. The SMILES string of the molecule is CNCc1ccc(Cn2cncn2)c(Br)c1. The van der Waals surface area contributed by atoms with Gasteiger partial charge in [0.1, 0.15) is 12.7 Å². The van der Waals surface area contributed by atoms with E-state index in [-0.39, 0.29) is 0 Å². The van der Waals surface area contributed by atoms with Gasteiger partial charge in [0.05, 0.1) is 6.54 Å². The Balaban J connectivity index is 2.16. The Kier molecular flexibility index (Phi) is 3.69. The molecule has 1 N–H and O–H groups in total. The lowest BCUT2D eigenvalue weighted by molar-refractivity contribution is 0.682. The number of aromatic nitrogens is 3. The number of rotatable bonds is 4. The Labute approximate surface area is 103 Å². The summed E-state index contributed by atoms with van der Waals surface area (Å²) in [6.07, 6.45) is 3.26. The highest BCUT2D eigenvalue weighted by Gasteiger charge is 2.02. The van der Waals surface area contributed by atoms with Crippen LogP contribution in [0.25, 0.3) is 0 Å². The van der Waals surface area contributed by atoms with E-state index < -0.39 is 0 Å². The van der Waals surface area contributed by atoms with Crippen LogP contribution in [-0.4, -0.2) is 21.8 Å². The van der Waals surface area contributed by atoms with Gasteiger partial charge in [-0.25, -0.2) is 9.67 Å². The fourth-order valence-corrected chi connectivity index (χ4v) is 2.07. The molecule has 0 amide bonds. The summed E-state index contributed by atoms with van der Waals surface area (Å²) in [6, 6.07) is 6.36. The van der Waals surface area contributed by atoms with Crippen molar-refractivity contribution < 1.29 is 0 Å². The first-order chi connectivity index (χ1) is 7.79. The summed E-state index contributed by atoms with van der Waals surface area (Å²) in [5, 5.41) is 7.21. The van der Waals surface area contributed by atoms with E-state index in [1.165, 1.54) is 11.1 Å². The van der Waals surface area contributed by atoms with Gasteiger partial charge in [0.15, 0.2) is 0 Å². The minimum Gasteiger partial charge on any atom is -0.316 e. The van der Waals surface area contributed by atoms with Crippen molar-refractivity contribution in [3.05, 3.63) is 46.5 Å². The zero-order chi connectivity index (χ0) is 11.4. The number of nitrogens with one attached hydrogen (secondary N) is 1. The zero-order valence-electron chi connectivity index (χ0n) is 9.02. The fourth-order valence-electron chi connectivity index (χ4n) is 1.52. The Morgan fingerprint density at radius 1 is 1.44 bits per heavy atom. The van der Waals surface area contributed by atoms with E-state index in [2.05, 4.69) is 49.5 Å². The van der Waals surface area contributed by atoms with Gasteiger partial charge in [-0.2, -0.15) is 5.10 Å². The van der Waals surface area contributed by atoms with Crippen LogP contribution in [0.3, 0.4) is 0 Å². The average molecular weight is 281 g/mol. The molecule has 0 aliphatic rings. The van der Waals surface area contributed by atoms with E-state index in [0.717, 1.165) is 17.6 Å². The summed E-state index contributed by atoms with van der Waals surface area (Å²) in [7, 11) is 1.94. The first-order valence-corrected chi connectivity index (χ1v) is 5.83. The molecule has 5 heteroatoms. The van der Waals surface area contributed by atoms with Gasteiger partial charge in [-0.1, -0.05) is 28.1 Å². The zero-order valence-corrected chi connectivity index (χ0v) is 10.6. The minimum atomic E-state index is 0.737. The third-order valence-electron chi connectivity index (χ3n) is 2.30. The van der Waals surface area contributed by atoms with Crippen LogP contribution in [0.4, 0.5) is 0 Å². The maximum Gasteiger partial charge on any atom is 0.137 e.